The minimum absolute atomic E-state index is 0.153. The minimum Gasteiger partial charge on any atom is -0.377 e. The number of thiophene rings is 1. The molecule has 2 aromatic heterocycles. The summed E-state index contributed by atoms with van der Waals surface area (Å²) in [6.45, 7) is 3.67. The maximum atomic E-state index is 12.3. The molecule has 0 radical (unpaired) electrons. The Kier molecular flexibility index (Phi) is 5.74. The molecule has 0 aliphatic rings. The molecule has 3 rings (SSSR count). The highest BCUT2D eigenvalue weighted by atomic mass is 32.1. The second-order valence-electron chi connectivity index (χ2n) is 5.10. The molecule has 1 N–H and O–H groups in total. The first-order valence-electron chi connectivity index (χ1n) is 7.70. The van der Waals surface area contributed by atoms with E-state index < -0.39 is 0 Å². The highest BCUT2D eigenvalue weighted by Gasteiger charge is 2.12. The van der Waals surface area contributed by atoms with Crippen LogP contribution in [0.3, 0.4) is 0 Å². The second-order valence-corrected chi connectivity index (χ2v) is 6.91. The predicted molar refractivity (Wildman–Crippen MR) is 98.4 cm³/mol. The van der Waals surface area contributed by atoms with Crippen LogP contribution in [0.5, 0.6) is 0 Å². The number of hydrogen-bond acceptors (Lipinski definition) is 5. The van der Waals surface area contributed by atoms with Gasteiger partial charge in [-0.1, -0.05) is 30.3 Å². The topological polar surface area (TPSA) is 51.2 Å². The van der Waals surface area contributed by atoms with Gasteiger partial charge in [0.1, 0.15) is 10.7 Å². The van der Waals surface area contributed by atoms with Gasteiger partial charge in [-0.25, -0.2) is 4.98 Å². The van der Waals surface area contributed by atoms with E-state index in [1.54, 1.807) is 16.7 Å². The highest BCUT2D eigenvalue weighted by molar-refractivity contribution is 7.20. The zero-order valence-electron chi connectivity index (χ0n) is 13.3. The van der Waals surface area contributed by atoms with Crippen LogP contribution in [0.2, 0.25) is 0 Å². The first-order chi connectivity index (χ1) is 11.8. The maximum Gasteiger partial charge on any atom is 0.271 e. The van der Waals surface area contributed by atoms with E-state index in [9.17, 15) is 4.79 Å². The van der Waals surface area contributed by atoms with Crippen LogP contribution in [0.15, 0.2) is 47.2 Å². The van der Waals surface area contributed by atoms with Gasteiger partial charge in [-0.3, -0.25) is 4.79 Å². The van der Waals surface area contributed by atoms with Crippen LogP contribution >= 0.6 is 22.7 Å². The third kappa shape index (κ3) is 4.08. The van der Waals surface area contributed by atoms with Crippen molar-refractivity contribution >= 4 is 28.6 Å². The van der Waals surface area contributed by atoms with E-state index >= 15 is 0 Å². The minimum atomic E-state index is -0.153. The average molecular weight is 358 g/mol. The van der Waals surface area contributed by atoms with Crippen LogP contribution in [0.4, 0.5) is 0 Å². The van der Waals surface area contributed by atoms with Gasteiger partial charge in [-0.15, -0.1) is 22.7 Å². The van der Waals surface area contributed by atoms with Gasteiger partial charge >= 0.3 is 0 Å². The maximum absolute atomic E-state index is 12.3. The quantitative estimate of drug-likeness (QED) is 0.683. The van der Waals surface area contributed by atoms with E-state index in [1.165, 1.54) is 11.3 Å². The van der Waals surface area contributed by atoms with Gasteiger partial charge in [0, 0.05) is 18.5 Å². The lowest BCUT2D eigenvalue weighted by Crippen LogP contribution is -2.23. The number of amides is 1. The van der Waals surface area contributed by atoms with Crippen LogP contribution in [-0.2, 0) is 17.9 Å². The molecule has 0 fully saturated rings. The molecule has 0 saturated heterocycles. The third-order valence-electron chi connectivity index (χ3n) is 3.49. The normalized spacial score (nSPS) is 10.7. The van der Waals surface area contributed by atoms with Gasteiger partial charge in [0.2, 0.25) is 0 Å². The molecule has 6 heteroatoms. The SMILES string of the molecule is CCOCc1ccccc1CNC(=O)c1csc(-c2cccs2)n1. The van der Waals surface area contributed by atoms with Crippen molar-refractivity contribution in [3.63, 3.8) is 0 Å². The molecule has 1 amide bonds. The monoisotopic (exact) mass is 358 g/mol. The van der Waals surface area contributed by atoms with Gasteiger partial charge in [0.05, 0.1) is 11.5 Å². The molecular formula is C18H18N2O2S2. The van der Waals surface area contributed by atoms with E-state index in [4.69, 9.17) is 4.74 Å². The Morgan fingerprint density at radius 1 is 1.17 bits per heavy atom. The lowest BCUT2D eigenvalue weighted by atomic mass is 10.1. The molecule has 0 aliphatic carbocycles. The number of aromatic nitrogens is 1. The molecule has 0 atom stereocenters. The molecule has 1 aromatic carbocycles. The molecule has 24 heavy (non-hydrogen) atoms. The standard InChI is InChI=1S/C18H18N2O2S2/c1-2-22-11-14-7-4-3-6-13(14)10-19-17(21)15-12-24-18(20-15)16-8-5-9-23-16/h3-9,12H,2,10-11H2,1H3,(H,19,21). The van der Waals surface area contributed by atoms with Gasteiger partial charge < -0.3 is 10.1 Å². The molecule has 2 heterocycles. The van der Waals surface area contributed by atoms with Crippen LogP contribution < -0.4 is 5.32 Å². The third-order valence-corrected chi connectivity index (χ3v) is 5.37. The number of thiazole rings is 1. The fourth-order valence-corrected chi connectivity index (χ4v) is 3.85. The van der Waals surface area contributed by atoms with Crippen LogP contribution in [0.1, 0.15) is 28.5 Å². The van der Waals surface area contributed by atoms with Crippen LogP contribution in [0.25, 0.3) is 9.88 Å². The van der Waals surface area contributed by atoms with Crippen LogP contribution in [0, 0.1) is 0 Å². The molecule has 0 unspecified atom stereocenters. The van der Waals surface area contributed by atoms with Gasteiger partial charge in [0.15, 0.2) is 0 Å². The van der Waals surface area contributed by atoms with Gasteiger partial charge in [-0.2, -0.15) is 0 Å². The number of hydrogen-bond donors (Lipinski definition) is 1. The Hall–Kier alpha value is -2.02. The van der Waals surface area contributed by atoms with E-state index in [1.807, 2.05) is 48.7 Å². The van der Waals surface area contributed by atoms with Gasteiger partial charge in [-0.05, 0) is 29.5 Å². The van der Waals surface area contributed by atoms with Crippen LogP contribution in [-0.4, -0.2) is 17.5 Å². The van der Waals surface area contributed by atoms with E-state index in [-0.39, 0.29) is 5.91 Å². The summed E-state index contributed by atoms with van der Waals surface area (Å²) in [4.78, 5) is 17.8. The van der Waals surface area contributed by atoms with Crippen molar-refractivity contribution < 1.29 is 9.53 Å². The zero-order valence-corrected chi connectivity index (χ0v) is 15.0. The number of nitrogens with zero attached hydrogens (tertiary/aromatic N) is 1. The fourth-order valence-electron chi connectivity index (χ4n) is 2.24. The Morgan fingerprint density at radius 2 is 2.00 bits per heavy atom. The molecule has 0 bridgehead atoms. The average Bonchev–Trinajstić information content (AvgIpc) is 3.29. The molecule has 0 spiro atoms. The number of benzene rings is 1. The molecule has 124 valence electrons. The van der Waals surface area contributed by atoms with E-state index in [0.29, 0.717) is 25.5 Å². The summed E-state index contributed by atoms with van der Waals surface area (Å²) in [6, 6.07) is 12.0. The lowest BCUT2D eigenvalue weighted by Gasteiger charge is -2.10. The van der Waals surface area contributed by atoms with Crippen molar-refractivity contribution in [1.29, 1.82) is 0 Å². The zero-order chi connectivity index (χ0) is 16.8. The summed E-state index contributed by atoms with van der Waals surface area (Å²) < 4.78 is 5.47. The van der Waals surface area contributed by atoms with Crippen molar-refractivity contribution in [3.8, 4) is 9.88 Å². The highest BCUT2D eigenvalue weighted by Crippen LogP contribution is 2.27. The van der Waals surface area contributed by atoms with Crippen molar-refractivity contribution in [2.24, 2.45) is 0 Å². The largest absolute Gasteiger partial charge is 0.377 e. The Balaban J connectivity index is 1.64. The number of carbonyl (C=O) groups excluding carboxylic acids is 1. The number of ether oxygens (including phenoxy) is 1. The van der Waals surface area contributed by atoms with Crippen molar-refractivity contribution in [1.82, 2.24) is 10.3 Å². The number of nitrogens with one attached hydrogen (secondary N) is 1. The van der Waals surface area contributed by atoms with Crippen molar-refractivity contribution in [2.75, 3.05) is 6.61 Å². The Morgan fingerprint density at radius 3 is 2.75 bits per heavy atom. The summed E-state index contributed by atoms with van der Waals surface area (Å²) in [5.41, 5.74) is 2.62. The molecule has 3 aromatic rings. The fraction of sp³-hybridized carbons (Fsp3) is 0.222. The molecular weight excluding hydrogens is 340 g/mol. The second kappa shape index (κ2) is 8.19. The Bertz CT molecular complexity index is 797. The summed E-state index contributed by atoms with van der Waals surface area (Å²) in [7, 11) is 0. The molecule has 0 aliphatic heterocycles. The van der Waals surface area contributed by atoms with Gasteiger partial charge in [0.25, 0.3) is 5.91 Å². The van der Waals surface area contributed by atoms with Crippen molar-refractivity contribution in [3.05, 3.63) is 64.0 Å². The summed E-state index contributed by atoms with van der Waals surface area (Å²) in [5, 5.41) is 7.63. The predicted octanol–water partition coefficient (Wildman–Crippen LogP) is 4.34. The first kappa shape index (κ1) is 16.8. The number of carbonyl (C=O) groups is 1. The first-order valence-corrected chi connectivity index (χ1v) is 9.46. The number of rotatable bonds is 7. The molecule has 4 nitrogen and oxygen atoms in total. The Labute approximate surface area is 149 Å². The summed E-state index contributed by atoms with van der Waals surface area (Å²) >= 11 is 3.11. The molecule has 0 saturated carbocycles. The van der Waals surface area contributed by atoms with Crippen molar-refractivity contribution in [2.45, 2.75) is 20.1 Å². The summed E-state index contributed by atoms with van der Waals surface area (Å²) in [6.07, 6.45) is 0. The smallest absolute Gasteiger partial charge is 0.271 e. The summed E-state index contributed by atoms with van der Waals surface area (Å²) in [5.74, 6) is -0.153. The van der Waals surface area contributed by atoms with E-state index in [2.05, 4.69) is 10.3 Å². The van der Waals surface area contributed by atoms with E-state index in [0.717, 1.165) is 21.0 Å². The lowest BCUT2D eigenvalue weighted by molar-refractivity contribution is 0.0945.